The van der Waals surface area contributed by atoms with Gasteiger partial charge in [-0.1, -0.05) is 87.7 Å². The Kier molecular flexibility index (Phi) is 11.4. The molecule has 1 N–H and O–H groups in total. The molecule has 11 heteroatoms. The summed E-state index contributed by atoms with van der Waals surface area (Å²) in [5, 5.41) is 3.69. The van der Waals surface area contributed by atoms with E-state index < -0.39 is 34.1 Å². The van der Waals surface area contributed by atoms with Crippen LogP contribution in [-0.4, -0.2) is 43.3 Å². The highest BCUT2D eigenvalue weighted by atomic mass is 79.9. The molecule has 0 saturated carbocycles. The maximum absolute atomic E-state index is 14.5. The van der Waals surface area contributed by atoms with E-state index in [1.54, 1.807) is 18.2 Å². The standard InChI is InChI=1S/C34H34BrCl2N3O4S/c1-34(2,3)38-33(42)31(20-24-8-5-4-6-9-24)39(22-25-12-14-26(35)15-13-25)32(41)23-40(29-11-7-10-28(37)21-29)45(43,44)30-18-16-27(36)17-19-30/h4-19,21,31H,20,22-23H2,1-3H3,(H,38,42)/t31-/m1/s1. The minimum absolute atomic E-state index is 0.0505. The number of sulfonamides is 1. The van der Waals surface area contributed by atoms with Gasteiger partial charge in [0.2, 0.25) is 11.8 Å². The van der Waals surface area contributed by atoms with Gasteiger partial charge in [-0.25, -0.2) is 8.42 Å². The summed E-state index contributed by atoms with van der Waals surface area (Å²) in [5.41, 5.74) is 1.24. The van der Waals surface area contributed by atoms with Crippen molar-refractivity contribution in [3.63, 3.8) is 0 Å². The molecule has 4 aromatic carbocycles. The molecule has 4 aromatic rings. The van der Waals surface area contributed by atoms with Gasteiger partial charge in [0.15, 0.2) is 0 Å². The van der Waals surface area contributed by atoms with Crippen LogP contribution in [0.25, 0.3) is 0 Å². The van der Waals surface area contributed by atoms with Crippen molar-refractivity contribution in [3.05, 3.63) is 129 Å². The molecule has 0 fully saturated rings. The van der Waals surface area contributed by atoms with E-state index in [9.17, 15) is 18.0 Å². The number of carbonyl (C=O) groups excluding carboxylic acids is 2. The molecule has 0 spiro atoms. The number of benzene rings is 4. The van der Waals surface area contributed by atoms with Gasteiger partial charge in [-0.05, 0) is 86.5 Å². The lowest BCUT2D eigenvalue weighted by atomic mass is 10.0. The van der Waals surface area contributed by atoms with Crippen molar-refractivity contribution in [1.29, 1.82) is 0 Å². The number of amides is 2. The maximum atomic E-state index is 14.5. The second-order valence-corrected chi connectivity index (χ2v) is 15.2. The molecule has 45 heavy (non-hydrogen) atoms. The van der Waals surface area contributed by atoms with E-state index >= 15 is 0 Å². The molecule has 1 atom stereocenters. The lowest BCUT2D eigenvalue weighted by Gasteiger charge is -2.35. The molecule has 2 amide bonds. The Morgan fingerprint density at radius 1 is 0.822 bits per heavy atom. The van der Waals surface area contributed by atoms with Gasteiger partial charge in [0.1, 0.15) is 12.6 Å². The quantitative estimate of drug-likeness (QED) is 0.173. The first-order valence-corrected chi connectivity index (χ1v) is 17.2. The fourth-order valence-corrected chi connectivity index (χ4v) is 6.67. The smallest absolute Gasteiger partial charge is 0.264 e. The zero-order valence-corrected chi connectivity index (χ0v) is 29.0. The molecule has 236 valence electrons. The number of nitrogens with one attached hydrogen (secondary N) is 1. The van der Waals surface area contributed by atoms with E-state index in [2.05, 4.69) is 21.2 Å². The van der Waals surface area contributed by atoms with E-state index in [1.165, 1.54) is 35.2 Å². The predicted molar refractivity (Wildman–Crippen MR) is 184 cm³/mol. The van der Waals surface area contributed by atoms with Crippen LogP contribution in [0.4, 0.5) is 5.69 Å². The summed E-state index contributed by atoms with van der Waals surface area (Å²) < 4.78 is 30.0. The van der Waals surface area contributed by atoms with Gasteiger partial charge >= 0.3 is 0 Å². The Labute approximate surface area is 283 Å². The second kappa shape index (κ2) is 14.8. The molecular formula is C34H34BrCl2N3O4S. The first-order valence-electron chi connectivity index (χ1n) is 14.2. The lowest BCUT2D eigenvalue weighted by molar-refractivity contribution is -0.140. The van der Waals surface area contributed by atoms with E-state index in [1.807, 2.05) is 75.4 Å². The van der Waals surface area contributed by atoms with Gasteiger partial charge in [0.05, 0.1) is 10.6 Å². The molecule has 0 aliphatic carbocycles. The molecule has 0 radical (unpaired) electrons. The minimum Gasteiger partial charge on any atom is -0.350 e. The Morgan fingerprint density at radius 2 is 1.47 bits per heavy atom. The fraction of sp³-hybridized carbons (Fsp3) is 0.235. The van der Waals surface area contributed by atoms with Gasteiger partial charge in [-0.3, -0.25) is 13.9 Å². The van der Waals surface area contributed by atoms with Gasteiger partial charge in [0, 0.05) is 33.0 Å². The molecule has 0 heterocycles. The van der Waals surface area contributed by atoms with Crippen LogP contribution in [0.15, 0.2) is 112 Å². The van der Waals surface area contributed by atoms with Crippen LogP contribution in [0.3, 0.4) is 0 Å². The molecule has 0 aliphatic heterocycles. The molecular weight excluding hydrogens is 697 g/mol. The number of anilines is 1. The van der Waals surface area contributed by atoms with Crippen LogP contribution < -0.4 is 9.62 Å². The van der Waals surface area contributed by atoms with Crippen LogP contribution in [0.1, 0.15) is 31.9 Å². The third-order valence-corrected chi connectivity index (χ3v) is 9.62. The monoisotopic (exact) mass is 729 g/mol. The van der Waals surface area contributed by atoms with E-state index in [0.29, 0.717) is 10.0 Å². The zero-order valence-electron chi connectivity index (χ0n) is 25.1. The first-order chi connectivity index (χ1) is 21.2. The number of carbonyl (C=O) groups is 2. The molecule has 0 saturated heterocycles. The van der Waals surface area contributed by atoms with Gasteiger partial charge in [0.25, 0.3) is 10.0 Å². The summed E-state index contributed by atoms with van der Waals surface area (Å²) in [6, 6.07) is 27.8. The van der Waals surface area contributed by atoms with Crippen molar-refractivity contribution in [1.82, 2.24) is 10.2 Å². The Hall–Kier alpha value is -3.37. The molecule has 7 nitrogen and oxygen atoms in total. The Morgan fingerprint density at radius 3 is 2.07 bits per heavy atom. The highest BCUT2D eigenvalue weighted by Gasteiger charge is 2.35. The third-order valence-electron chi connectivity index (χ3n) is 6.81. The number of hydrogen-bond donors (Lipinski definition) is 1. The van der Waals surface area contributed by atoms with E-state index in [4.69, 9.17) is 23.2 Å². The summed E-state index contributed by atoms with van der Waals surface area (Å²) >= 11 is 15.8. The largest absolute Gasteiger partial charge is 0.350 e. The maximum Gasteiger partial charge on any atom is 0.264 e. The summed E-state index contributed by atoms with van der Waals surface area (Å²) in [7, 11) is -4.27. The first kappa shape index (κ1) is 34.5. The normalized spacial score (nSPS) is 12.3. The third kappa shape index (κ3) is 9.56. The number of halogens is 3. The topological polar surface area (TPSA) is 86.8 Å². The van der Waals surface area contributed by atoms with E-state index in [0.717, 1.165) is 19.9 Å². The second-order valence-electron chi connectivity index (χ2n) is 11.5. The summed E-state index contributed by atoms with van der Waals surface area (Å²) in [6.07, 6.45) is 0.214. The zero-order chi connectivity index (χ0) is 32.8. The minimum atomic E-state index is -4.27. The van der Waals surface area contributed by atoms with Crippen molar-refractivity contribution in [3.8, 4) is 0 Å². The number of rotatable bonds is 11. The van der Waals surface area contributed by atoms with Gasteiger partial charge in [-0.2, -0.15) is 0 Å². The van der Waals surface area contributed by atoms with Crippen molar-refractivity contribution < 1.29 is 18.0 Å². The number of nitrogens with zero attached hydrogens (tertiary/aromatic N) is 2. The fourth-order valence-electron chi connectivity index (χ4n) is 4.69. The Bertz CT molecular complexity index is 1730. The van der Waals surface area contributed by atoms with Gasteiger partial charge in [-0.15, -0.1) is 0 Å². The predicted octanol–water partition coefficient (Wildman–Crippen LogP) is 7.51. The van der Waals surface area contributed by atoms with Crippen molar-refractivity contribution >= 4 is 66.7 Å². The lowest BCUT2D eigenvalue weighted by Crippen LogP contribution is -2.56. The van der Waals surface area contributed by atoms with Gasteiger partial charge < -0.3 is 10.2 Å². The average Bonchev–Trinajstić information content (AvgIpc) is 2.98. The highest BCUT2D eigenvalue weighted by molar-refractivity contribution is 9.10. The van der Waals surface area contributed by atoms with Crippen molar-refractivity contribution in [2.24, 2.45) is 0 Å². The Balaban J connectivity index is 1.81. The molecule has 0 unspecified atom stereocenters. The average molecular weight is 732 g/mol. The summed E-state index contributed by atoms with van der Waals surface area (Å²) in [4.78, 5) is 29.8. The van der Waals surface area contributed by atoms with Crippen molar-refractivity contribution in [2.45, 2.75) is 50.2 Å². The highest BCUT2D eigenvalue weighted by Crippen LogP contribution is 2.28. The SMILES string of the molecule is CC(C)(C)NC(=O)[C@@H](Cc1ccccc1)N(Cc1ccc(Br)cc1)C(=O)CN(c1cccc(Cl)c1)S(=O)(=O)c1ccc(Cl)cc1. The van der Waals surface area contributed by atoms with Crippen LogP contribution in [-0.2, 0) is 32.6 Å². The summed E-state index contributed by atoms with van der Waals surface area (Å²) in [6.45, 7) is 5.07. The van der Waals surface area contributed by atoms with Crippen LogP contribution in [0.2, 0.25) is 10.0 Å². The molecule has 4 rings (SSSR count). The molecule has 0 aromatic heterocycles. The van der Waals surface area contributed by atoms with Crippen LogP contribution in [0, 0.1) is 0 Å². The summed E-state index contributed by atoms with van der Waals surface area (Å²) in [5.74, 6) is -0.924. The van der Waals surface area contributed by atoms with Crippen molar-refractivity contribution in [2.75, 3.05) is 10.8 Å². The van der Waals surface area contributed by atoms with Crippen LogP contribution in [0.5, 0.6) is 0 Å². The molecule has 0 aliphatic rings. The van der Waals surface area contributed by atoms with E-state index in [-0.39, 0.29) is 29.5 Å². The number of hydrogen-bond acceptors (Lipinski definition) is 4. The molecule has 0 bridgehead atoms. The van der Waals surface area contributed by atoms with Crippen LogP contribution >= 0.6 is 39.1 Å².